The third-order valence-corrected chi connectivity index (χ3v) is 1.91. The van der Waals surface area contributed by atoms with E-state index < -0.39 is 0 Å². The van der Waals surface area contributed by atoms with Gasteiger partial charge >= 0.3 is 5.97 Å². The van der Waals surface area contributed by atoms with Gasteiger partial charge in [0, 0.05) is 12.2 Å². The van der Waals surface area contributed by atoms with Gasteiger partial charge in [-0.25, -0.2) is 4.79 Å². The van der Waals surface area contributed by atoms with Crippen molar-refractivity contribution in [1.29, 1.82) is 0 Å². The van der Waals surface area contributed by atoms with Crippen LogP contribution < -0.4 is 0 Å². The minimum absolute atomic E-state index is 0.115. The minimum Gasteiger partial charge on any atom is -0.466 e. The van der Waals surface area contributed by atoms with E-state index in [9.17, 15) is 4.79 Å². The van der Waals surface area contributed by atoms with Crippen LogP contribution in [0.5, 0.6) is 0 Å². The Morgan fingerprint density at radius 3 is 2.92 bits per heavy atom. The fraction of sp³-hybridized carbons (Fsp3) is 0.667. The third-order valence-electron chi connectivity index (χ3n) is 1.91. The van der Waals surface area contributed by atoms with Crippen molar-refractivity contribution < 1.29 is 14.3 Å². The Bertz CT molecular complexity index is 190. The number of esters is 1. The van der Waals surface area contributed by atoms with Crippen molar-refractivity contribution in [3.8, 4) is 0 Å². The van der Waals surface area contributed by atoms with E-state index in [2.05, 4.69) is 4.74 Å². The van der Waals surface area contributed by atoms with Crippen LogP contribution in [0.4, 0.5) is 0 Å². The summed E-state index contributed by atoms with van der Waals surface area (Å²) in [4.78, 5) is 11.0. The molecule has 1 saturated heterocycles. The number of methoxy groups -OCH3 is 1. The average Bonchev–Trinajstić information content (AvgIpc) is 2.55. The van der Waals surface area contributed by atoms with E-state index in [1.807, 2.05) is 6.08 Å². The van der Waals surface area contributed by atoms with Crippen LogP contribution >= 0.6 is 0 Å². The molecule has 1 aliphatic rings. The zero-order valence-electron chi connectivity index (χ0n) is 7.50. The Hall–Kier alpha value is -0.830. The van der Waals surface area contributed by atoms with Gasteiger partial charge in [0.2, 0.25) is 0 Å². The zero-order valence-corrected chi connectivity index (χ0v) is 7.50. The van der Waals surface area contributed by atoms with Crippen LogP contribution in [0.15, 0.2) is 11.6 Å². The number of hydrogen-bond donors (Lipinski definition) is 0. The lowest BCUT2D eigenvalue weighted by atomic mass is 10.2. The van der Waals surface area contributed by atoms with Crippen molar-refractivity contribution in [2.24, 2.45) is 0 Å². The largest absolute Gasteiger partial charge is 0.466 e. The Morgan fingerprint density at radius 1 is 1.67 bits per heavy atom. The van der Waals surface area contributed by atoms with Gasteiger partial charge in [-0.3, -0.25) is 0 Å². The predicted octanol–water partition coefficient (Wildman–Crippen LogP) is 1.28. The first kappa shape index (κ1) is 9.26. The van der Waals surface area contributed by atoms with Crippen LogP contribution in [-0.4, -0.2) is 25.8 Å². The maximum atomic E-state index is 11.0. The Morgan fingerprint density at radius 2 is 2.42 bits per heavy atom. The molecular weight excluding hydrogens is 156 g/mol. The van der Waals surface area contributed by atoms with Crippen molar-refractivity contribution >= 4 is 5.97 Å². The number of carbonyl (C=O) groups excluding carboxylic acids is 1. The fourth-order valence-electron chi connectivity index (χ4n) is 1.24. The van der Waals surface area contributed by atoms with E-state index in [4.69, 9.17) is 4.74 Å². The molecule has 0 saturated carbocycles. The zero-order chi connectivity index (χ0) is 8.97. The second kappa shape index (κ2) is 4.26. The molecule has 12 heavy (non-hydrogen) atoms. The second-order valence-electron chi connectivity index (χ2n) is 2.89. The highest BCUT2D eigenvalue weighted by Crippen LogP contribution is 2.14. The van der Waals surface area contributed by atoms with E-state index in [0.717, 1.165) is 19.4 Å². The predicted molar refractivity (Wildman–Crippen MR) is 44.7 cm³/mol. The van der Waals surface area contributed by atoms with E-state index in [-0.39, 0.29) is 12.1 Å². The molecule has 1 fully saturated rings. The van der Waals surface area contributed by atoms with Crippen LogP contribution in [0.25, 0.3) is 0 Å². The number of ether oxygens (including phenoxy) is 2. The van der Waals surface area contributed by atoms with Crippen LogP contribution in [0.3, 0.4) is 0 Å². The maximum absolute atomic E-state index is 11.0. The molecule has 1 atom stereocenters. The molecule has 1 unspecified atom stereocenters. The van der Waals surface area contributed by atoms with Gasteiger partial charge < -0.3 is 9.47 Å². The van der Waals surface area contributed by atoms with Crippen LogP contribution in [0.1, 0.15) is 19.8 Å². The molecule has 0 radical (unpaired) electrons. The van der Waals surface area contributed by atoms with E-state index in [0.29, 0.717) is 5.57 Å². The van der Waals surface area contributed by atoms with Gasteiger partial charge in [0.25, 0.3) is 0 Å². The molecule has 0 amide bonds. The summed E-state index contributed by atoms with van der Waals surface area (Å²) < 4.78 is 9.89. The quantitative estimate of drug-likeness (QED) is 0.462. The van der Waals surface area contributed by atoms with Crippen molar-refractivity contribution in [1.82, 2.24) is 0 Å². The molecule has 68 valence electrons. The summed E-state index contributed by atoms with van der Waals surface area (Å²) in [6.07, 6.45) is 4.03. The van der Waals surface area contributed by atoms with Crippen LogP contribution in [0, 0.1) is 0 Å². The lowest BCUT2D eigenvalue weighted by Crippen LogP contribution is -2.07. The molecule has 0 aromatic rings. The topological polar surface area (TPSA) is 35.5 Å². The van der Waals surface area contributed by atoms with Crippen molar-refractivity contribution in [2.45, 2.75) is 25.9 Å². The lowest BCUT2D eigenvalue weighted by molar-refractivity contribution is -0.136. The highest BCUT2D eigenvalue weighted by molar-refractivity contribution is 5.87. The highest BCUT2D eigenvalue weighted by Gasteiger charge is 2.14. The summed E-state index contributed by atoms with van der Waals surface area (Å²) in [5.74, 6) is -0.273. The summed E-state index contributed by atoms with van der Waals surface area (Å²) in [7, 11) is 1.38. The first-order valence-corrected chi connectivity index (χ1v) is 4.12. The fourth-order valence-corrected chi connectivity index (χ4v) is 1.24. The first-order valence-electron chi connectivity index (χ1n) is 4.12. The summed E-state index contributed by atoms with van der Waals surface area (Å²) >= 11 is 0. The van der Waals surface area contributed by atoms with E-state index >= 15 is 0 Å². The Labute approximate surface area is 72.4 Å². The lowest BCUT2D eigenvalue weighted by Gasteiger charge is -2.04. The molecule has 1 rings (SSSR count). The molecule has 0 spiro atoms. The van der Waals surface area contributed by atoms with E-state index in [1.54, 1.807) is 6.92 Å². The molecule has 0 N–H and O–H groups in total. The highest BCUT2D eigenvalue weighted by atomic mass is 16.5. The standard InChI is InChI=1S/C9H14O3/c1-7(9(10)11-2)6-8-4-3-5-12-8/h6,8H,3-5H2,1-2H3. The molecule has 1 aliphatic heterocycles. The smallest absolute Gasteiger partial charge is 0.333 e. The molecule has 3 nitrogen and oxygen atoms in total. The number of hydrogen-bond acceptors (Lipinski definition) is 3. The molecule has 0 aliphatic carbocycles. The number of carbonyl (C=O) groups is 1. The number of rotatable bonds is 2. The molecule has 3 heteroatoms. The molecule has 1 heterocycles. The van der Waals surface area contributed by atoms with Gasteiger partial charge in [0.1, 0.15) is 0 Å². The Balaban J connectivity index is 2.48. The van der Waals surface area contributed by atoms with Crippen molar-refractivity contribution in [3.63, 3.8) is 0 Å². The summed E-state index contributed by atoms with van der Waals surface area (Å²) in [6.45, 7) is 2.54. The van der Waals surface area contributed by atoms with Gasteiger partial charge in [-0.05, 0) is 25.8 Å². The third kappa shape index (κ3) is 2.34. The molecule has 0 bridgehead atoms. The van der Waals surface area contributed by atoms with E-state index in [1.165, 1.54) is 7.11 Å². The normalized spacial score (nSPS) is 24.2. The Kier molecular flexibility index (Phi) is 3.29. The summed E-state index contributed by atoms with van der Waals surface area (Å²) in [6, 6.07) is 0. The maximum Gasteiger partial charge on any atom is 0.333 e. The molecule has 0 aromatic carbocycles. The van der Waals surface area contributed by atoms with Gasteiger partial charge in [-0.2, -0.15) is 0 Å². The molecular formula is C9H14O3. The van der Waals surface area contributed by atoms with Gasteiger partial charge in [-0.1, -0.05) is 0 Å². The average molecular weight is 170 g/mol. The second-order valence-corrected chi connectivity index (χ2v) is 2.89. The van der Waals surface area contributed by atoms with Crippen LogP contribution in [0.2, 0.25) is 0 Å². The first-order chi connectivity index (χ1) is 5.74. The van der Waals surface area contributed by atoms with Gasteiger partial charge in [0.15, 0.2) is 0 Å². The SMILES string of the molecule is COC(=O)C(C)=CC1CCCO1. The van der Waals surface area contributed by atoms with Crippen molar-refractivity contribution in [2.75, 3.05) is 13.7 Å². The van der Waals surface area contributed by atoms with Gasteiger partial charge in [0.05, 0.1) is 13.2 Å². The summed E-state index contributed by atoms with van der Waals surface area (Å²) in [5.41, 5.74) is 0.629. The van der Waals surface area contributed by atoms with Crippen molar-refractivity contribution in [3.05, 3.63) is 11.6 Å². The summed E-state index contributed by atoms with van der Waals surface area (Å²) in [5, 5.41) is 0. The van der Waals surface area contributed by atoms with Gasteiger partial charge in [-0.15, -0.1) is 0 Å². The monoisotopic (exact) mass is 170 g/mol. The molecule has 0 aromatic heterocycles. The minimum atomic E-state index is -0.273. The van der Waals surface area contributed by atoms with Crippen LogP contribution in [-0.2, 0) is 14.3 Å².